The number of benzene rings is 7. The third kappa shape index (κ3) is 4.90. The minimum atomic E-state index is 0.664. The van der Waals surface area contributed by atoms with Crippen molar-refractivity contribution in [2.75, 3.05) is 0 Å². The quantitative estimate of drug-likeness (QED) is 0.182. The number of thiophene rings is 2. The zero-order valence-electron chi connectivity index (χ0n) is 26.7. The molecule has 0 aliphatic heterocycles. The lowest BCUT2D eigenvalue weighted by molar-refractivity contribution is 1.08. The molecule has 0 N–H and O–H groups in total. The van der Waals surface area contributed by atoms with E-state index in [1.165, 1.54) is 62.6 Å². The highest BCUT2D eigenvalue weighted by Crippen LogP contribution is 2.44. The van der Waals surface area contributed by atoms with Gasteiger partial charge in [-0.1, -0.05) is 133 Å². The van der Waals surface area contributed by atoms with Gasteiger partial charge in [-0.05, 0) is 47.0 Å². The maximum absolute atomic E-state index is 5.20. The molecule has 0 fully saturated rings. The maximum Gasteiger partial charge on any atom is 0.164 e. The summed E-state index contributed by atoms with van der Waals surface area (Å²) in [5.74, 6) is 2.01. The first kappa shape index (κ1) is 29.0. The van der Waals surface area contributed by atoms with E-state index in [-0.39, 0.29) is 0 Å². The van der Waals surface area contributed by atoms with Crippen LogP contribution in [0, 0.1) is 0 Å². The van der Waals surface area contributed by atoms with Gasteiger partial charge in [0.1, 0.15) is 0 Å². The van der Waals surface area contributed by atoms with Crippen LogP contribution in [0.3, 0.4) is 0 Å². The summed E-state index contributed by atoms with van der Waals surface area (Å²) < 4.78 is 4.96. The van der Waals surface area contributed by atoms with Crippen LogP contribution in [-0.2, 0) is 0 Å². The number of hydrogen-bond acceptors (Lipinski definition) is 5. The average Bonchev–Trinajstić information content (AvgIpc) is 3.76. The van der Waals surface area contributed by atoms with E-state index in [0.29, 0.717) is 17.5 Å². The van der Waals surface area contributed by atoms with Crippen LogP contribution >= 0.6 is 22.7 Å². The summed E-state index contributed by atoms with van der Waals surface area (Å²) in [6.07, 6.45) is 0. The van der Waals surface area contributed by atoms with Gasteiger partial charge in [0, 0.05) is 62.6 Å². The van der Waals surface area contributed by atoms with Crippen LogP contribution in [0.15, 0.2) is 164 Å². The van der Waals surface area contributed by atoms with Crippen LogP contribution in [0.4, 0.5) is 0 Å². The van der Waals surface area contributed by atoms with Crippen molar-refractivity contribution in [2.24, 2.45) is 0 Å². The summed E-state index contributed by atoms with van der Waals surface area (Å²) >= 11 is 3.64. The van der Waals surface area contributed by atoms with Crippen molar-refractivity contribution in [1.29, 1.82) is 0 Å². The number of aromatic nitrogens is 3. The molecule has 5 heteroatoms. The third-order valence-electron chi connectivity index (χ3n) is 9.33. The van der Waals surface area contributed by atoms with Gasteiger partial charge in [0.15, 0.2) is 17.5 Å². The van der Waals surface area contributed by atoms with E-state index in [1.54, 1.807) is 11.3 Å². The molecule has 0 aliphatic rings. The first-order valence-corrected chi connectivity index (χ1v) is 18.2. The Morgan fingerprint density at radius 2 is 0.960 bits per heavy atom. The van der Waals surface area contributed by atoms with Crippen LogP contribution in [0.5, 0.6) is 0 Å². The Morgan fingerprint density at radius 1 is 0.320 bits per heavy atom. The van der Waals surface area contributed by atoms with E-state index >= 15 is 0 Å². The van der Waals surface area contributed by atoms with E-state index in [9.17, 15) is 0 Å². The molecule has 0 amide bonds. The highest BCUT2D eigenvalue weighted by atomic mass is 32.1. The van der Waals surface area contributed by atoms with Gasteiger partial charge in [-0.25, -0.2) is 15.0 Å². The summed E-state index contributed by atoms with van der Waals surface area (Å²) in [4.78, 5) is 15.4. The second-order valence-corrected chi connectivity index (χ2v) is 14.5. The molecule has 7 aromatic carbocycles. The standard InChI is InChI=1S/C45H27N3S2/c1-4-13-28(14-5-1)32-25-36(29-15-6-2-7-16-29)42-37(26-32)33-24-23-31(27-40(33)50-42)44-46-43(30-17-8-3-9-18-30)47-45(48-44)35-20-12-22-39-41(35)34-19-10-11-21-38(34)49-39/h1-27H. The van der Waals surface area contributed by atoms with E-state index in [2.05, 4.69) is 146 Å². The smallest absolute Gasteiger partial charge is 0.164 e. The molecular weight excluding hydrogens is 647 g/mol. The molecule has 0 unspecified atom stereocenters. The molecule has 0 radical (unpaired) electrons. The molecule has 3 nitrogen and oxygen atoms in total. The zero-order chi connectivity index (χ0) is 33.0. The Morgan fingerprint density at radius 3 is 1.74 bits per heavy atom. The van der Waals surface area contributed by atoms with Crippen molar-refractivity contribution in [3.05, 3.63) is 164 Å². The Labute approximate surface area is 296 Å². The Kier molecular flexibility index (Phi) is 6.86. The van der Waals surface area contributed by atoms with Gasteiger partial charge in [0.25, 0.3) is 0 Å². The Bertz CT molecular complexity index is 2860. The second-order valence-electron chi connectivity index (χ2n) is 12.4. The molecule has 0 saturated carbocycles. The minimum absolute atomic E-state index is 0.664. The largest absolute Gasteiger partial charge is 0.208 e. The Hall–Kier alpha value is -6.01. The van der Waals surface area contributed by atoms with E-state index in [1.807, 2.05) is 29.5 Å². The first-order chi connectivity index (χ1) is 24.8. The fourth-order valence-electron chi connectivity index (χ4n) is 6.95. The molecule has 50 heavy (non-hydrogen) atoms. The lowest BCUT2D eigenvalue weighted by Gasteiger charge is -2.10. The Balaban J connectivity index is 1.19. The number of rotatable bonds is 5. The number of fused-ring (bicyclic) bond motifs is 6. The summed E-state index contributed by atoms with van der Waals surface area (Å²) in [5.41, 5.74) is 7.83. The molecule has 3 heterocycles. The number of nitrogens with zero attached hydrogens (tertiary/aromatic N) is 3. The highest BCUT2D eigenvalue weighted by Gasteiger charge is 2.19. The summed E-state index contributed by atoms with van der Waals surface area (Å²) in [6, 6.07) is 57.9. The van der Waals surface area contributed by atoms with Crippen LogP contribution in [0.1, 0.15) is 0 Å². The van der Waals surface area contributed by atoms with Gasteiger partial charge in [0.05, 0.1) is 0 Å². The molecule has 10 rings (SSSR count). The molecule has 234 valence electrons. The normalized spacial score (nSPS) is 11.6. The van der Waals surface area contributed by atoms with E-state index in [0.717, 1.165) is 16.7 Å². The van der Waals surface area contributed by atoms with Gasteiger partial charge in [0.2, 0.25) is 0 Å². The predicted octanol–water partition coefficient (Wildman–Crippen LogP) is 12.9. The minimum Gasteiger partial charge on any atom is -0.208 e. The van der Waals surface area contributed by atoms with Crippen molar-refractivity contribution in [3.8, 4) is 56.4 Å². The van der Waals surface area contributed by atoms with Crippen molar-refractivity contribution in [2.45, 2.75) is 0 Å². The van der Waals surface area contributed by atoms with Gasteiger partial charge in [-0.15, -0.1) is 22.7 Å². The average molecular weight is 674 g/mol. The first-order valence-electron chi connectivity index (χ1n) is 16.6. The highest BCUT2D eigenvalue weighted by molar-refractivity contribution is 7.26. The summed E-state index contributed by atoms with van der Waals surface area (Å²) in [5, 5.41) is 4.90. The fraction of sp³-hybridized carbons (Fsp3) is 0. The zero-order valence-corrected chi connectivity index (χ0v) is 28.4. The third-order valence-corrected chi connectivity index (χ3v) is 11.7. The fourth-order valence-corrected chi connectivity index (χ4v) is 9.34. The lowest BCUT2D eigenvalue weighted by Crippen LogP contribution is -2.00. The molecule has 0 aliphatic carbocycles. The maximum atomic E-state index is 5.20. The van der Waals surface area contributed by atoms with Crippen molar-refractivity contribution in [1.82, 2.24) is 15.0 Å². The van der Waals surface area contributed by atoms with E-state index < -0.39 is 0 Å². The van der Waals surface area contributed by atoms with Crippen molar-refractivity contribution in [3.63, 3.8) is 0 Å². The summed E-state index contributed by atoms with van der Waals surface area (Å²) in [7, 11) is 0. The predicted molar refractivity (Wildman–Crippen MR) is 213 cm³/mol. The van der Waals surface area contributed by atoms with Crippen LogP contribution in [0.25, 0.3) is 96.8 Å². The molecule has 0 spiro atoms. The second kappa shape index (κ2) is 11.8. The van der Waals surface area contributed by atoms with Crippen molar-refractivity contribution >= 4 is 63.0 Å². The molecule has 0 bridgehead atoms. The van der Waals surface area contributed by atoms with Crippen molar-refractivity contribution < 1.29 is 0 Å². The molecule has 0 saturated heterocycles. The van der Waals surface area contributed by atoms with Gasteiger partial charge >= 0.3 is 0 Å². The van der Waals surface area contributed by atoms with Crippen LogP contribution in [-0.4, -0.2) is 15.0 Å². The molecule has 3 aromatic heterocycles. The molecular formula is C45H27N3S2. The molecule has 10 aromatic rings. The lowest BCUT2D eigenvalue weighted by atomic mass is 9.96. The topological polar surface area (TPSA) is 38.7 Å². The van der Waals surface area contributed by atoms with Crippen LogP contribution in [0.2, 0.25) is 0 Å². The van der Waals surface area contributed by atoms with Crippen LogP contribution < -0.4 is 0 Å². The van der Waals surface area contributed by atoms with Gasteiger partial charge < -0.3 is 0 Å². The SMILES string of the molecule is c1ccc(-c2cc(-c3ccccc3)c3sc4cc(-c5nc(-c6ccccc6)nc(-c6cccc7sc8ccccc8c67)n5)ccc4c3c2)cc1. The van der Waals surface area contributed by atoms with Gasteiger partial charge in [-0.2, -0.15) is 0 Å². The monoisotopic (exact) mass is 673 g/mol. The number of hydrogen-bond donors (Lipinski definition) is 0. The van der Waals surface area contributed by atoms with Gasteiger partial charge in [-0.3, -0.25) is 0 Å². The van der Waals surface area contributed by atoms with E-state index in [4.69, 9.17) is 15.0 Å². The summed E-state index contributed by atoms with van der Waals surface area (Å²) in [6.45, 7) is 0. The molecule has 0 atom stereocenters.